The lowest BCUT2D eigenvalue weighted by Gasteiger charge is -2.20. The summed E-state index contributed by atoms with van der Waals surface area (Å²) in [6, 6.07) is 19.1. The van der Waals surface area contributed by atoms with Crippen molar-refractivity contribution in [2.75, 3.05) is 11.4 Å². The number of aromatic nitrogens is 1. The van der Waals surface area contributed by atoms with Gasteiger partial charge in [-0.05, 0) is 31.2 Å². The van der Waals surface area contributed by atoms with Crippen molar-refractivity contribution in [3.05, 3.63) is 88.5 Å². The van der Waals surface area contributed by atoms with E-state index in [-0.39, 0.29) is 11.5 Å². The highest BCUT2D eigenvalue weighted by molar-refractivity contribution is 7.21. The SMILES string of the molecule is C=CCN(C(=O)c1cc2c(=O)n(CC)c3ccccc3c2s1)c1ccccc1. The Labute approximate surface area is 167 Å². The van der Waals surface area contributed by atoms with Gasteiger partial charge in [-0.25, -0.2) is 0 Å². The van der Waals surface area contributed by atoms with Gasteiger partial charge >= 0.3 is 0 Å². The fourth-order valence-corrected chi connectivity index (χ4v) is 4.63. The second-order valence-corrected chi connectivity index (χ2v) is 7.51. The highest BCUT2D eigenvalue weighted by atomic mass is 32.1. The van der Waals surface area contributed by atoms with Gasteiger partial charge in [-0.1, -0.05) is 42.5 Å². The zero-order valence-corrected chi connectivity index (χ0v) is 16.4. The Morgan fingerprint density at radius 1 is 1.11 bits per heavy atom. The van der Waals surface area contributed by atoms with Crippen LogP contribution >= 0.6 is 11.3 Å². The van der Waals surface area contributed by atoms with Crippen molar-refractivity contribution in [1.29, 1.82) is 0 Å². The predicted octanol–water partition coefficient (Wildman–Crippen LogP) is 5.07. The first-order chi connectivity index (χ1) is 13.7. The van der Waals surface area contributed by atoms with E-state index < -0.39 is 0 Å². The van der Waals surface area contributed by atoms with Crippen LogP contribution in [0.5, 0.6) is 0 Å². The van der Waals surface area contributed by atoms with Crippen molar-refractivity contribution in [1.82, 2.24) is 4.57 Å². The molecule has 2 heterocycles. The van der Waals surface area contributed by atoms with Crippen molar-refractivity contribution in [2.24, 2.45) is 0 Å². The van der Waals surface area contributed by atoms with E-state index in [0.717, 1.165) is 21.3 Å². The van der Waals surface area contributed by atoms with Gasteiger partial charge in [0, 0.05) is 28.9 Å². The molecule has 4 aromatic rings. The van der Waals surface area contributed by atoms with Crippen LogP contribution in [0.2, 0.25) is 0 Å². The van der Waals surface area contributed by atoms with Crippen LogP contribution in [0, 0.1) is 0 Å². The molecule has 2 aromatic carbocycles. The Hall–Kier alpha value is -3.18. The number of amides is 1. The molecule has 0 saturated carbocycles. The van der Waals surface area contributed by atoms with Gasteiger partial charge in [-0.3, -0.25) is 9.59 Å². The molecule has 0 saturated heterocycles. The Morgan fingerprint density at radius 3 is 2.54 bits per heavy atom. The number of hydrogen-bond acceptors (Lipinski definition) is 3. The van der Waals surface area contributed by atoms with Crippen LogP contribution in [0.3, 0.4) is 0 Å². The number of anilines is 1. The molecule has 0 radical (unpaired) electrons. The zero-order valence-electron chi connectivity index (χ0n) is 15.6. The molecule has 0 N–H and O–H groups in total. The van der Waals surface area contributed by atoms with Crippen LogP contribution < -0.4 is 10.5 Å². The second-order valence-electron chi connectivity index (χ2n) is 6.46. The molecule has 28 heavy (non-hydrogen) atoms. The number of pyridine rings is 1. The fraction of sp³-hybridized carbons (Fsp3) is 0.130. The Kier molecular flexibility index (Phi) is 4.84. The topological polar surface area (TPSA) is 42.3 Å². The number of para-hydroxylation sites is 2. The maximum atomic E-state index is 13.3. The molecule has 2 aromatic heterocycles. The fourth-order valence-electron chi connectivity index (χ4n) is 3.50. The van der Waals surface area contributed by atoms with Crippen LogP contribution in [0.25, 0.3) is 21.0 Å². The summed E-state index contributed by atoms with van der Waals surface area (Å²) >= 11 is 1.38. The largest absolute Gasteiger partial charge is 0.308 e. The molecule has 0 aliphatic heterocycles. The number of thiophene rings is 1. The second kappa shape index (κ2) is 7.44. The predicted molar refractivity (Wildman–Crippen MR) is 118 cm³/mol. The van der Waals surface area contributed by atoms with Gasteiger partial charge in [-0.2, -0.15) is 0 Å². The first kappa shape index (κ1) is 18.2. The number of rotatable bonds is 5. The molecule has 0 atom stereocenters. The van der Waals surface area contributed by atoms with Gasteiger partial charge in [0.25, 0.3) is 11.5 Å². The van der Waals surface area contributed by atoms with Crippen LogP contribution in [-0.2, 0) is 6.54 Å². The van der Waals surface area contributed by atoms with E-state index >= 15 is 0 Å². The molecule has 0 aliphatic carbocycles. The highest BCUT2D eigenvalue weighted by Gasteiger charge is 2.21. The molecule has 4 nitrogen and oxygen atoms in total. The van der Waals surface area contributed by atoms with Crippen LogP contribution in [0.4, 0.5) is 5.69 Å². The lowest BCUT2D eigenvalue weighted by Crippen LogP contribution is -2.30. The lowest BCUT2D eigenvalue weighted by atomic mass is 10.1. The Balaban J connectivity index is 1.91. The molecule has 4 rings (SSSR count). The van der Waals surface area contributed by atoms with Crippen molar-refractivity contribution in [3.8, 4) is 0 Å². The Bertz CT molecular complexity index is 1240. The number of hydrogen-bond donors (Lipinski definition) is 0. The van der Waals surface area contributed by atoms with Crippen molar-refractivity contribution >= 4 is 43.9 Å². The summed E-state index contributed by atoms with van der Waals surface area (Å²) in [5.74, 6) is -0.126. The van der Waals surface area contributed by atoms with E-state index in [1.165, 1.54) is 11.3 Å². The number of fused-ring (bicyclic) bond motifs is 3. The van der Waals surface area contributed by atoms with Crippen molar-refractivity contribution in [2.45, 2.75) is 13.5 Å². The summed E-state index contributed by atoms with van der Waals surface area (Å²) in [5, 5.41) is 1.60. The summed E-state index contributed by atoms with van der Waals surface area (Å²) in [5.41, 5.74) is 1.65. The van der Waals surface area contributed by atoms with E-state index in [1.807, 2.05) is 61.5 Å². The third-order valence-electron chi connectivity index (χ3n) is 4.80. The van der Waals surface area contributed by atoms with Crippen LogP contribution in [-0.4, -0.2) is 17.0 Å². The Morgan fingerprint density at radius 2 is 1.82 bits per heavy atom. The molecule has 1 amide bonds. The summed E-state index contributed by atoms with van der Waals surface area (Å²) in [7, 11) is 0. The monoisotopic (exact) mass is 388 g/mol. The number of benzene rings is 2. The lowest BCUT2D eigenvalue weighted by molar-refractivity contribution is 0.0993. The summed E-state index contributed by atoms with van der Waals surface area (Å²) in [6.45, 7) is 6.72. The minimum absolute atomic E-state index is 0.0542. The summed E-state index contributed by atoms with van der Waals surface area (Å²) in [4.78, 5) is 28.5. The van der Waals surface area contributed by atoms with Crippen molar-refractivity contribution in [3.63, 3.8) is 0 Å². The molecule has 5 heteroatoms. The third kappa shape index (κ3) is 2.94. The number of carbonyl (C=O) groups is 1. The van der Waals surface area contributed by atoms with Gasteiger partial charge in [0.15, 0.2) is 0 Å². The van der Waals surface area contributed by atoms with E-state index in [2.05, 4.69) is 6.58 Å². The normalized spacial score (nSPS) is 11.0. The molecule has 0 aliphatic rings. The zero-order chi connectivity index (χ0) is 19.7. The first-order valence-corrected chi connectivity index (χ1v) is 10.00. The molecular weight excluding hydrogens is 368 g/mol. The smallest absolute Gasteiger partial charge is 0.268 e. The van der Waals surface area contributed by atoms with Crippen LogP contribution in [0.15, 0.2) is 78.1 Å². The molecule has 0 unspecified atom stereocenters. The van der Waals surface area contributed by atoms with Gasteiger partial charge in [0.05, 0.1) is 15.8 Å². The van der Waals surface area contributed by atoms with Gasteiger partial charge in [-0.15, -0.1) is 17.9 Å². The maximum absolute atomic E-state index is 13.3. The minimum atomic E-state index is -0.126. The summed E-state index contributed by atoms with van der Waals surface area (Å²) in [6.07, 6.45) is 1.71. The molecule has 0 fully saturated rings. The quantitative estimate of drug-likeness (QED) is 0.448. The average molecular weight is 388 g/mol. The van der Waals surface area contributed by atoms with E-state index in [9.17, 15) is 9.59 Å². The van der Waals surface area contributed by atoms with Gasteiger partial charge in [0.1, 0.15) is 0 Å². The van der Waals surface area contributed by atoms with E-state index in [0.29, 0.717) is 23.4 Å². The standard InChI is InChI=1S/C23H20N2O2S/c1-3-14-25(16-10-6-5-7-11-16)23(27)20-15-18-21(28-20)17-12-8-9-13-19(17)24(4-2)22(18)26/h3,5-13,15H,1,4,14H2,2H3. The van der Waals surface area contributed by atoms with Crippen LogP contribution in [0.1, 0.15) is 16.6 Å². The molecule has 0 bridgehead atoms. The number of nitrogens with zero attached hydrogens (tertiary/aromatic N) is 2. The average Bonchev–Trinajstić information content (AvgIpc) is 3.19. The van der Waals surface area contributed by atoms with E-state index in [4.69, 9.17) is 0 Å². The minimum Gasteiger partial charge on any atom is -0.308 e. The third-order valence-corrected chi connectivity index (χ3v) is 5.96. The highest BCUT2D eigenvalue weighted by Crippen LogP contribution is 2.32. The molecule has 0 spiro atoms. The molecule has 140 valence electrons. The maximum Gasteiger partial charge on any atom is 0.268 e. The van der Waals surface area contributed by atoms with Gasteiger partial charge < -0.3 is 9.47 Å². The molecular formula is C23H20N2O2S. The van der Waals surface area contributed by atoms with E-state index in [1.54, 1.807) is 21.6 Å². The number of aryl methyl sites for hydroxylation is 1. The first-order valence-electron chi connectivity index (χ1n) is 9.18. The summed E-state index contributed by atoms with van der Waals surface area (Å²) < 4.78 is 2.62. The number of carbonyl (C=O) groups excluding carboxylic acids is 1. The van der Waals surface area contributed by atoms with Crippen molar-refractivity contribution < 1.29 is 4.79 Å². The van der Waals surface area contributed by atoms with Gasteiger partial charge in [0.2, 0.25) is 0 Å².